The van der Waals surface area contributed by atoms with Gasteiger partial charge in [-0.15, -0.1) is 0 Å². The highest BCUT2D eigenvalue weighted by atomic mass is 16.8. The molecule has 0 saturated carbocycles. The fraction of sp³-hybridized carbons (Fsp3) is 0.308. The molecule has 1 atom stereocenters. The van der Waals surface area contributed by atoms with E-state index >= 15 is 0 Å². The van der Waals surface area contributed by atoms with Gasteiger partial charge >= 0.3 is 18.1 Å². The van der Waals surface area contributed by atoms with Crippen molar-refractivity contribution in [2.24, 2.45) is 0 Å². The number of esters is 2. The summed E-state index contributed by atoms with van der Waals surface area (Å²) in [6, 6.07) is 9.23. The minimum atomic E-state index is -1.02. The van der Waals surface area contributed by atoms with Crippen LogP contribution in [0.3, 0.4) is 0 Å². The van der Waals surface area contributed by atoms with Crippen molar-refractivity contribution in [2.75, 3.05) is 0 Å². The fourth-order valence-corrected chi connectivity index (χ4v) is 1.57. The third kappa shape index (κ3) is 3.80. The van der Waals surface area contributed by atoms with E-state index in [1.807, 2.05) is 30.3 Å². The Morgan fingerprint density at radius 1 is 1.21 bits per heavy atom. The second-order valence-electron chi connectivity index (χ2n) is 3.96. The van der Waals surface area contributed by atoms with E-state index < -0.39 is 24.2 Å². The molecule has 1 saturated heterocycles. The van der Waals surface area contributed by atoms with E-state index in [4.69, 9.17) is 4.74 Å². The molecule has 1 fully saturated rings. The molecule has 0 aliphatic carbocycles. The molecule has 6 nitrogen and oxygen atoms in total. The lowest BCUT2D eigenvalue weighted by Crippen LogP contribution is -2.18. The Hall–Kier alpha value is -2.37. The van der Waals surface area contributed by atoms with E-state index in [0.29, 0.717) is 0 Å². The standard InChI is InChI=1S/C13H12O6/c14-11(17-8-9-4-2-1-3-5-9)7-6-10-12(15)19-13(16)18-10/h1-5,10H,6-8H2/t10-/m1/s1. The monoisotopic (exact) mass is 264 g/mol. The molecule has 0 aromatic heterocycles. The van der Waals surface area contributed by atoms with Crippen molar-refractivity contribution in [3.05, 3.63) is 35.9 Å². The van der Waals surface area contributed by atoms with Crippen LogP contribution < -0.4 is 0 Å². The fourth-order valence-electron chi connectivity index (χ4n) is 1.57. The number of benzene rings is 1. The predicted octanol–water partition coefficient (Wildman–Crippen LogP) is 1.57. The van der Waals surface area contributed by atoms with Crippen molar-refractivity contribution in [2.45, 2.75) is 25.6 Å². The summed E-state index contributed by atoms with van der Waals surface area (Å²) in [5.41, 5.74) is 0.877. The van der Waals surface area contributed by atoms with Crippen molar-refractivity contribution in [1.29, 1.82) is 0 Å². The van der Waals surface area contributed by atoms with Crippen LogP contribution in [0.15, 0.2) is 30.3 Å². The molecule has 0 amide bonds. The number of ether oxygens (including phenoxy) is 3. The van der Waals surface area contributed by atoms with Gasteiger partial charge in [0.1, 0.15) is 6.61 Å². The normalized spacial score (nSPS) is 17.8. The van der Waals surface area contributed by atoms with Gasteiger partial charge in [-0.25, -0.2) is 9.59 Å². The second kappa shape index (κ2) is 5.99. The summed E-state index contributed by atoms with van der Waals surface area (Å²) in [6.45, 7) is 0.175. The van der Waals surface area contributed by atoms with Crippen LogP contribution in [-0.4, -0.2) is 24.2 Å². The third-order valence-corrected chi connectivity index (χ3v) is 2.54. The Kier molecular flexibility index (Phi) is 4.12. The summed E-state index contributed by atoms with van der Waals surface area (Å²) < 4.78 is 13.8. The van der Waals surface area contributed by atoms with Gasteiger partial charge < -0.3 is 14.2 Å². The van der Waals surface area contributed by atoms with Crippen LogP contribution in [0.25, 0.3) is 0 Å². The van der Waals surface area contributed by atoms with E-state index in [2.05, 4.69) is 9.47 Å². The molecule has 2 rings (SSSR count). The van der Waals surface area contributed by atoms with Gasteiger partial charge in [0.15, 0.2) is 0 Å². The van der Waals surface area contributed by atoms with Crippen LogP contribution in [0.4, 0.5) is 4.79 Å². The first kappa shape index (κ1) is 13.1. The molecule has 1 aliphatic rings. The molecule has 0 bridgehead atoms. The zero-order chi connectivity index (χ0) is 13.7. The van der Waals surface area contributed by atoms with Crippen molar-refractivity contribution < 1.29 is 28.6 Å². The summed E-state index contributed by atoms with van der Waals surface area (Å²) in [6.07, 6.45) is -1.97. The summed E-state index contributed by atoms with van der Waals surface area (Å²) in [5, 5.41) is 0. The van der Waals surface area contributed by atoms with E-state index in [-0.39, 0.29) is 19.4 Å². The average molecular weight is 264 g/mol. The van der Waals surface area contributed by atoms with Crippen molar-refractivity contribution in [1.82, 2.24) is 0 Å². The lowest BCUT2D eigenvalue weighted by molar-refractivity contribution is -0.145. The maximum atomic E-state index is 11.4. The first-order valence-corrected chi connectivity index (χ1v) is 5.77. The Bertz CT molecular complexity index is 481. The molecular formula is C13H12O6. The van der Waals surface area contributed by atoms with Gasteiger partial charge in [0, 0.05) is 12.8 Å². The van der Waals surface area contributed by atoms with Crippen LogP contribution in [0.5, 0.6) is 0 Å². The first-order chi connectivity index (χ1) is 9.15. The number of carbonyl (C=O) groups excluding carboxylic acids is 3. The summed E-state index contributed by atoms with van der Waals surface area (Å²) >= 11 is 0. The van der Waals surface area contributed by atoms with Gasteiger partial charge in [-0.2, -0.15) is 0 Å². The molecule has 6 heteroatoms. The molecule has 0 N–H and O–H groups in total. The Morgan fingerprint density at radius 3 is 2.58 bits per heavy atom. The quantitative estimate of drug-likeness (QED) is 0.593. The Labute approximate surface area is 109 Å². The molecular weight excluding hydrogens is 252 g/mol. The van der Waals surface area contributed by atoms with E-state index in [9.17, 15) is 14.4 Å². The van der Waals surface area contributed by atoms with Crippen LogP contribution >= 0.6 is 0 Å². The lowest BCUT2D eigenvalue weighted by Gasteiger charge is -2.06. The lowest BCUT2D eigenvalue weighted by atomic mass is 10.2. The molecule has 0 radical (unpaired) electrons. The van der Waals surface area contributed by atoms with Crippen molar-refractivity contribution >= 4 is 18.1 Å². The highest BCUT2D eigenvalue weighted by Crippen LogP contribution is 2.14. The molecule has 100 valence electrons. The van der Waals surface area contributed by atoms with Crippen molar-refractivity contribution in [3.63, 3.8) is 0 Å². The Morgan fingerprint density at radius 2 is 1.95 bits per heavy atom. The predicted molar refractivity (Wildman–Crippen MR) is 61.8 cm³/mol. The summed E-state index contributed by atoms with van der Waals surface area (Å²) in [5.74, 6) is -1.22. The average Bonchev–Trinajstić information content (AvgIpc) is 2.73. The second-order valence-corrected chi connectivity index (χ2v) is 3.96. The number of carbonyl (C=O) groups is 3. The molecule has 1 aliphatic heterocycles. The largest absolute Gasteiger partial charge is 0.517 e. The highest BCUT2D eigenvalue weighted by molar-refractivity contribution is 5.91. The van der Waals surface area contributed by atoms with Crippen LogP contribution in [0.1, 0.15) is 18.4 Å². The zero-order valence-electron chi connectivity index (χ0n) is 10.0. The molecule has 19 heavy (non-hydrogen) atoms. The van der Waals surface area contributed by atoms with Crippen LogP contribution in [-0.2, 0) is 30.4 Å². The van der Waals surface area contributed by atoms with Gasteiger partial charge in [0.05, 0.1) is 0 Å². The van der Waals surface area contributed by atoms with E-state index in [1.165, 1.54) is 0 Å². The topological polar surface area (TPSA) is 78.9 Å². The van der Waals surface area contributed by atoms with Crippen LogP contribution in [0, 0.1) is 0 Å². The van der Waals surface area contributed by atoms with Gasteiger partial charge in [-0.1, -0.05) is 30.3 Å². The third-order valence-electron chi connectivity index (χ3n) is 2.54. The van der Waals surface area contributed by atoms with Gasteiger partial charge in [0.2, 0.25) is 6.10 Å². The van der Waals surface area contributed by atoms with Gasteiger partial charge in [-0.3, -0.25) is 4.79 Å². The minimum absolute atomic E-state index is 0.0140. The molecule has 0 unspecified atom stereocenters. The number of cyclic esters (lactones) is 3. The van der Waals surface area contributed by atoms with Crippen molar-refractivity contribution in [3.8, 4) is 0 Å². The smallest absolute Gasteiger partial charge is 0.461 e. The zero-order valence-corrected chi connectivity index (χ0v) is 10.0. The van der Waals surface area contributed by atoms with E-state index in [0.717, 1.165) is 5.56 Å². The Balaban J connectivity index is 1.70. The number of rotatable bonds is 5. The maximum absolute atomic E-state index is 11.4. The molecule has 1 aromatic carbocycles. The van der Waals surface area contributed by atoms with E-state index in [1.54, 1.807) is 0 Å². The first-order valence-electron chi connectivity index (χ1n) is 5.77. The summed E-state index contributed by atoms with van der Waals surface area (Å²) in [4.78, 5) is 33.1. The highest BCUT2D eigenvalue weighted by Gasteiger charge is 2.35. The summed E-state index contributed by atoms with van der Waals surface area (Å²) in [7, 11) is 0. The van der Waals surface area contributed by atoms with Gasteiger partial charge in [0.25, 0.3) is 0 Å². The molecule has 1 aromatic rings. The SMILES string of the molecule is O=C(CC[C@H]1OC(=O)OC1=O)OCc1ccccc1. The maximum Gasteiger partial charge on any atom is 0.517 e. The number of hydrogen-bond acceptors (Lipinski definition) is 6. The van der Waals surface area contributed by atoms with Crippen LogP contribution in [0.2, 0.25) is 0 Å². The van der Waals surface area contributed by atoms with Gasteiger partial charge in [-0.05, 0) is 5.56 Å². The number of hydrogen-bond donors (Lipinski definition) is 0. The molecule has 0 spiro atoms. The molecule has 1 heterocycles. The minimum Gasteiger partial charge on any atom is -0.461 e.